The van der Waals surface area contributed by atoms with Gasteiger partial charge in [0.1, 0.15) is 0 Å². The second-order valence-corrected chi connectivity index (χ2v) is 2.79. The van der Waals surface area contributed by atoms with Gasteiger partial charge in [0.25, 0.3) is 0 Å². The average molecular weight is 168 g/mol. The normalized spacial score (nSPS) is 20.1. The number of carbonyl (C=O) groups excluding carboxylic acids is 2. The highest BCUT2D eigenvalue weighted by Gasteiger charge is 2.16. The quantitative estimate of drug-likeness (QED) is 0.460. The van der Waals surface area contributed by atoms with Gasteiger partial charge in [-0.15, -0.1) is 0 Å². The summed E-state index contributed by atoms with van der Waals surface area (Å²) in [5.74, 6) is -0.110. The van der Waals surface area contributed by atoms with E-state index in [2.05, 4.69) is 4.74 Å². The second kappa shape index (κ2) is 4.04. The maximum absolute atomic E-state index is 11.1. The Bertz CT molecular complexity index is 228. The van der Waals surface area contributed by atoms with E-state index >= 15 is 0 Å². The van der Waals surface area contributed by atoms with Crippen molar-refractivity contribution < 1.29 is 14.3 Å². The summed E-state index contributed by atoms with van der Waals surface area (Å²) in [4.78, 5) is 21.8. The van der Waals surface area contributed by atoms with Crippen molar-refractivity contribution in [2.75, 3.05) is 7.11 Å². The fourth-order valence-electron chi connectivity index (χ4n) is 1.25. The molecule has 1 rings (SSSR count). The first kappa shape index (κ1) is 8.97. The van der Waals surface area contributed by atoms with Gasteiger partial charge in [-0.25, -0.2) is 0 Å². The summed E-state index contributed by atoms with van der Waals surface area (Å²) in [5.41, 5.74) is 0.792. The van der Waals surface area contributed by atoms with E-state index < -0.39 is 0 Å². The molecule has 3 nitrogen and oxygen atoms in total. The third kappa shape index (κ3) is 2.19. The van der Waals surface area contributed by atoms with Crippen molar-refractivity contribution in [3.63, 3.8) is 0 Å². The molecule has 0 amide bonds. The molecule has 0 unspecified atom stereocenters. The summed E-state index contributed by atoms with van der Waals surface area (Å²) in [6, 6.07) is 0. The number of rotatable bonds is 2. The standard InChI is InChI=1S/C9H12O3/c1-12-9(11)6-5-7-3-2-4-8(7)10/h5H,2-4,6H2,1H3. The van der Waals surface area contributed by atoms with Crippen LogP contribution in [0, 0.1) is 0 Å². The van der Waals surface area contributed by atoms with Gasteiger partial charge in [-0.2, -0.15) is 0 Å². The van der Waals surface area contributed by atoms with E-state index in [-0.39, 0.29) is 18.2 Å². The van der Waals surface area contributed by atoms with Crippen LogP contribution in [0.3, 0.4) is 0 Å². The second-order valence-electron chi connectivity index (χ2n) is 2.79. The lowest BCUT2D eigenvalue weighted by Gasteiger charge is -1.94. The Morgan fingerprint density at radius 2 is 2.33 bits per heavy atom. The molecule has 12 heavy (non-hydrogen) atoms. The first-order valence-corrected chi connectivity index (χ1v) is 4.03. The number of Topliss-reactive ketones (excluding diaryl/α,β-unsaturated/α-hetero) is 1. The van der Waals surface area contributed by atoms with Crippen molar-refractivity contribution in [1.82, 2.24) is 0 Å². The number of ketones is 1. The maximum Gasteiger partial charge on any atom is 0.309 e. The molecule has 0 atom stereocenters. The highest BCUT2D eigenvalue weighted by Crippen LogP contribution is 2.20. The molecule has 0 radical (unpaired) electrons. The Balaban J connectivity index is 2.46. The molecule has 1 saturated carbocycles. The molecule has 0 N–H and O–H groups in total. The van der Waals surface area contributed by atoms with Gasteiger partial charge in [-0.05, 0) is 18.4 Å². The minimum Gasteiger partial charge on any atom is -0.469 e. The summed E-state index contributed by atoms with van der Waals surface area (Å²) in [7, 11) is 1.34. The van der Waals surface area contributed by atoms with Crippen LogP contribution in [0.4, 0.5) is 0 Å². The molecule has 1 aliphatic rings. The lowest BCUT2D eigenvalue weighted by molar-refractivity contribution is -0.139. The smallest absolute Gasteiger partial charge is 0.309 e. The molecule has 1 aliphatic carbocycles. The van der Waals surface area contributed by atoms with E-state index in [9.17, 15) is 9.59 Å². The molecular formula is C9H12O3. The van der Waals surface area contributed by atoms with Crippen molar-refractivity contribution in [1.29, 1.82) is 0 Å². The van der Waals surface area contributed by atoms with Gasteiger partial charge in [0.2, 0.25) is 0 Å². The number of hydrogen-bond donors (Lipinski definition) is 0. The third-order valence-electron chi connectivity index (χ3n) is 1.95. The fraction of sp³-hybridized carbons (Fsp3) is 0.556. The first-order valence-electron chi connectivity index (χ1n) is 4.03. The lowest BCUT2D eigenvalue weighted by Crippen LogP contribution is -1.99. The third-order valence-corrected chi connectivity index (χ3v) is 1.95. The van der Waals surface area contributed by atoms with Crippen LogP contribution in [-0.2, 0) is 14.3 Å². The van der Waals surface area contributed by atoms with Crippen LogP contribution in [0.25, 0.3) is 0 Å². The van der Waals surface area contributed by atoms with Crippen LogP contribution < -0.4 is 0 Å². The molecule has 0 heterocycles. The van der Waals surface area contributed by atoms with Gasteiger partial charge >= 0.3 is 5.97 Å². The topological polar surface area (TPSA) is 43.4 Å². The molecule has 0 bridgehead atoms. The maximum atomic E-state index is 11.1. The van der Waals surface area contributed by atoms with E-state index in [0.717, 1.165) is 18.4 Å². The number of methoxy groups -OCH3 is 1. The molecular weight excluding hydrogens is 156 g/mol. The van der Waals surface area contributed by atoms with Crippen molar-refractivity contribution in [2.45, 2.75) is 25.7 Å². The molecule has 66 valence electrons. The van der Waals surface area contributed by atoms with Gasteiger partial charge in [0, 0.05) is 6.42 Å². The van der Waals surface area contributed by atoms with Crippen LogP contribution in [0.5, 0.6) is 0 Å². The molecule has 0 aromatic heterocycles. The van der Waals surface area contributed by atoms with Crippen LogP contribution in [-0.4, -0.2) is 18.9 Å². The molecule has 0 aromatic carbocycles. The Morgan fingerprint density at radius 1 is 1.58 bits per heavy atom. The largest absolute Gasteiger partial charge is 0.469 e. The van der Waals surface area contributed by atoms with Crippen molar-refractivity contribution in [3.05, 3.63) is 11.6 Å². The van der Waals surface area contributed by atoms with Gasteiger partial charge in [0.15, 0.2) is 5.78 Å². The number of carbonyl (C=O) groups is 2. The van der Waals surface area contributed by atoms with Gasteiger partial charge < -0.3 is 4.74 Å². The zero-order chi connectivity index (χ0) is 8.97. The monoisotopic (exact) mass is 168 g/mol. The Labute approximate surface area is 71.4 Å². The van der Waals surface area contributed by atoms with Gasteiger partial charge in [0.05, 0.1) is 13.5 Å². The molecule has 1 fully saturated rings. The Kier molecular flexibility index (Phi) is 3.02. The first-order chi connectivity index (χ1) is 5.74. The summed E-state index contributed by atoms with van der Waals surface area (Å²) in [6.45, 7) is 0. The van der Waals surface area contributed by atoms with Gasteiger partial charge in [-0.3, -0.25) is 9.59 Å². The SMILES string of the molecule is COC(=O)CC=C1CCCC1=O. The summed E-state index contributed by atoms with van der Waals surface area (Å²) >= 11 is 0. The van der Waals surface area contributed by atoms with Crippen LogP contribution in [0.2, 0.25) is 0 Å². The highest BCUT2D eigenvalue weighted by atomic mass is 16.5. The van der Waals surface area contributed by atoms with Crippen molar-refractivity contribution in [3.8, 4) is 0 Å². The van der Waals surface area contributed by atoms with E-state index in [1.165, 1.54) is 7.11 Å². The minimum absolute atomic E-state index is 0.180. The Hall–Kier alpha value is -1.12. The summed E-state index contributed by atoms with van der Waals surface area (Å²) in [6.07, 6.45) is 4.27. The lowest BCUT2D eigenvalue weighted by atomic mass is 10.2. The zero-order valence-electron chi connectivity index (χ0n) is 7.13. The fourth-order valence-corrected chi connectivity index (χ4v) is 1.25. The van der Waals surface area contributed by atoms with Crippen LogP contribution >= 0.6 is 0 Å². The van der Waals surface area contributed by atoms with Gasteiger partial charge in [-0.1, -0.05) is 6.08 Å². The van der Waals surface area contributed by atoms with Crippen LogP contribution in [0.1, 0.15) is 25.7 Å². The summed E-state index contributed by atoms with van der Waals surface area (Å²) < 4.78 is 4.45. The number of ether oxygens (including phenoxy) is 1. The predicted octanol–water partition coefficient (Wildman–Crippen LogP) is 1.23. The van der Waals surface area contributed by atoms with E-state index in [1.54, 1.807) is 6.08 Å². The van der Waals surface area contributed by atoms with E-state index in [0.29, 0.717) is 6.42 Å². The minimum atomic E-state index is -0.290. The predicted molar refractivity (Wildman–Crippen MR) is 43.6 cm³/mol. The zero-order valence-corrected chi connectivity index (χ0v) is 7.13. The van der Waals surface area contributed by atoms with Crippen molar-refractivity contribution in [2.24, 2.45) is 0 Å². The number of allylic oxidation sites excluding steroid dienone is 1. The van der Waals surface area contributed by atoms with E-state index in [1.807, 2.05) is 0 Å². The number of esters is 1. The molecule has 0 aliphatic heterocycles. The molecule has 0 saturated heterocycles. The summed E-state index contributed by atoms with van der Waals surface area (Å²) in [5, 5.41) is 0. The van der Waals surface area contributed by atoms with Crippen LogP contribution in [0.15, 0.2) is 11.6 Å². The Morgan fingerprint density at radius 3 is 2.83 bits per heavy atom. The molecule has 0 aromatic rings. The van der Waals surface area contributed by atoms with E-state index in [4.69, 9.17) is 0 Å². The number of hydrogen-bond acceptors (Lipinski definition) is 3. The van der Waals surface area contributed by atoms with Crippen molar-refractivity contribution >= 4 is 11.8 Å². The highest BCUT2D eigenvalue weighted by molar-refractivity contribution is 5.97. The molecule has 0 spiro atoms. The molecule has 3 heteroatoms. The average Bonchev–Trinajstić information content (AvgIpc) is 2.47.